The van der Waals surface area contributed by atoms with Gasteiger partial charge in [-0.05, 0) is 26.0 Å². The summed E-state index contributed by atoms with van der Waals surface area (Å²) < 4.78 is 5.52. The lowest BCUT2D eigenvalue weighted by atomic mass is 10.1. The van der Waals surface area contributed by atoms with Gasteiger partial charge in [0.05, 0.1) is 5.69 Å². The van der Waals surface area contributed by atoms with Gasteiger partial charge >= 0.3 is 0 Å². The molecular formula is C12H16N2O2. The van der Waals surface area contributed by atoms with Crippen LogP contribution >= 0.6 is 0 Å². The van der Waals surface area contributed by atoms with Crippen LogP contribution in [0.4, 0.5) is 5.69 Å². The van der Waals surface area contributed by atoms with Gasteiger partial charge in [0.1, 0.15) is 5.75 Å². The van der Waals surface area contributed by atoms with Crippen molar-refractivity contribution in [1.82, 2.24) is 0 Å². The molecule has 0 aromatic heterocycles. The highest BCUT2D eigenvalue weighted by Crippen LogP contribution is 2.33. The molecule has 0 fully saturated rings. The Morgan fingerprint density at radius 2 is 2.19 bits per heavy atom. The van der Waals surface area contributed by atoms with Crippen molar-refractivity contribution in [2.24, 2.45) is 5.73 Å². The number of benzene rings is 1. The lowest BCUT2D eigenvalue weighted by Gasteiger charge is -2.33. The maximum absolute atomic E-state index is 12.0. The van der Waals surface area contributed by atoms with E-state index >= 15 is 0 Å². The molecule has 1 amide bonds. The van der Waals surface area contributed by atoms with Gasteiger partial charge in [-0.3, -0.25) is 4.79 Å². The van der Waals surface area contributed by atoms with Gasteiger partial charge in [0.2, 0.25) is 0 Å². The number of amides is 1. The second-order valence-electron chi connectivity index (χ2n) is 4.15. The Bertz CT molecular complexity index is 404. The molecule has 0 radical (unpaired) electrons. The second-order valence-corrected chi connectivity index (χ2v) is 4.15. The number of ether oxygens (including phenoxy) is 1. The standard InChI is InChI=1S/C12H16N2O2/c1-8(13)7-14-10-5-3-4-6-11(10)16-9(2)12(14)15/h3-6,8-9H,7,13H2,1-2H3. The van der Waals surface area contributed by atoms with Crippen LogP contribution in [0.15, 0.2) is 24.3 Å². The van der Waals surface area contributed by atoms with Crippen LogP contribution in [-0.2, 0) is 4.79 Å². The number of fused-ring (bicyclic) bond motifs is 1. The first kappa shape index (κ1) is 11.0. The third-order valence-corrected chi connectivity index (χ3v) is 2.54. The normalized spacial score (nSPS) is 21.3. The topological polar surface area (TPSA) is 55.6 Å². The lowest BCUT2D eigenvalue weighted by molar-refractivity contribution is -0.125. The Morgan fingerprint density at radius 3 is 2.88 bits per heavy atom. The van der Waals surface area contributed by atoms with Crippen LogP contribution in [0.2, 0.25) is 0 Å². The Balaban J connectivity index is 2.38. The molecule has 0 bridgehead atoms. The first-order valence-corrected chi connectivity index (χ1v) is 5.42. The molecule has 2 N–H and O–H groups in total. The number of hydrogen-bond acceptors (Lipinski definition) is 3. The van der Waals surface area contributed by atoms with Crippen molar-refractivity contribution in [3.05, 3.63) is 24.3 Å². The van der Waals surface area contributed by atoms with E-state index in [4.69, 9.17) is 10.5 Å². The van der Waals surface area contributed by atoms with Gasteiger partial charge in [-0.2, -0.15) is 0 Å². The molecule has 4 heteroatoms. The maximum Gasteiger partial charge on any atom is 0.267 e. The van der Waals surface area contributed by atoms with Crippen LogP contribution in [0.1, 0.15) is 13.8 Å². The fourth-order valence-electron chi connectivity index (χ4n) is 1.84. The molecule has 4 nitrogen and oxygen atoms in total. The van der Waals surface area contributed by atoms with Crippen molar-refractivity contribution in [3.63, 3.8) is 0 Å². The Labute approximate surface area is 95.0 Å². The number of para-hydroxylation sites is 2. The molecule has 0 spiro atoms. The minimum atomic E-state index is -0.436. The van der Waals surface area contributed by atoms with Gasteiger partial charge < -0.3 is 15.4 Å². The molecule has 16 heavy (non-hydrogen) atoms. The molecule has 2 unspecified atom stereocenters. The number of anilines is 1. The predicted octanol–water partition coefficient (Wildman–Crippen LogP) is 1.15. The van der Waals surface area contributed by atoms with Crippen molar-refractivity contribution in [1.29, 1.82) is 0 Å². The highest BCUT2D eigenvalue weighted by Gasteiger charge is 2.31. The highest BCUT2D eigenvalue weighted by molar-refractivity contribution is 5.99. The zero-order valence-electron chi connectivity index (χ0n) is 9.51. The van der Waals surface area contributed by atoms with Crippen LogP contribution in [0.5, 0.6) is 5.75 Å². The molecule has 1 heterocycles. The summed E-state index contributed by atoms with van der Waals surface area (Å²) in [5.74, 6) is 0.714. The Morgan fingerprint density at radius 1 is 1.50 bits per heavy atom. The summed E-state index contributed by atoms with van der Waals surface area (Å²) in [5.41, 5.74) is 6.56. The van der Waals surface area contributed by atoms with E-state index in [1.54, 1.807) is 11.8 Å². The zero-order chi connectivity index (χ0) is 11.7. The van der Waals surface area contributed by atoms with Crippen LogP contribution in [0.25, 0.3) is 0 Å². The molecule has 1 aliphatic heterocycles. The number of nitrogens with two attached hydrogens (primary N) is 1. The average Bonchev–Trinajstić information content (AvgIpc) is 2.24. The zero-order valence-corrected chi connectivity index (χ0v) is 9.51. The molecule has 1 aromatic rings. The SMILES string of the molecule is CC(N)CN1C(=O)C(C)Oc2ccccc21. The summed E-state index contributed by atoms with van der Waals surface area (Å²) in [5, 5.41) is 0. The Kier molecular flexibility index (Phi) is 2.83. The largest absolute Gasteiger partial charge is 0.479 e. The van der Waals surface area contributed by atoms with Gasteiger partial charge in [0, 0.05) is 12.6 Å². The van der Waals surface area contributed by atoms with Crippen molar-refractivity contribution in [2.45, 2.75) is 26.0 Å². The van der Waals surface area contributed by atoms with Crippen LogP contribution in [-0.4, -0.2) is 24.6 Å². The molecule has 86 valence electrons. The molecule has 0 saturated heterocycles. The first-order valence-electron chi connectivity index (χ1n) is 5.42. The summed E-state index contributed by atoms with van der Waals surface area (Å²) in [6, 6.07) is 7.47. The molecule has 2 atom stereocenters. The van der Waals surface area contributed by atoms with E-state index in [0.29, 0.717) is 6.54 Å². The Hall–Kier alpha value is -1.55. The number of hydrogen-bond donors (Lipinski definition) is 1. The van der Waals surface area contributed by atoms with Crippen molar-refractivity contribution >= 4 is 11.6 Å². The first-order chi connectivity index (χ1) is 7.59. The van der Waals surface area contributed by atoms with Gasteiger partial charge in [-0.15, -0.1) is 0 Å². The van der Waals surface area contributed by atoms with Gasteiger partial charge in [-0.25, -0.2) is 0 Å². The third kappa shape index (κ3) is 1.88. The maximum atomic E-state index is 12.0. The molecule has 2 rings (SSSR count). The van der Waals surface area contributed by atoms with Gasteiger partial charge in [0.15, 0.2) is 6.10 Å². The fourth-order valence-corrected chi connectivity index (χ4v) is 1.84. The molecular weight excluding hydrogens is 204 g/mol. The van der Waals surface area contributed by atoms with E-state index in [1.807, 2.05) is 31.2 Å². The lowest BCUT2D eigenvalue weighted by Crippen LogP contribution is -2.48. The minimum Gasteiger partial charge on any atom is -0.479 e. The van der Waals surface area contributed by atoms with Gasteiger partial charge in [-0.1, -0.05) is 12.1 Å². The van der Waals surface area contributed by atoms with Crippen molar-refractivity contribution in [3.8, 4) is 5.75 Å². The van der Waals surface area contributed by atoms with E-state index in [1.165, 1.54) is 0 Å². The van der Waals surface area contributed by atoms with Crippen LogP contribution in [0.3, 0.4) is 0 Å². The second kappa shape index (κ2) is 4.14. The summed E-state index contributed by atoms with van der Waals surface area (Å²) in [4.78, 5) is 13.7. The number of carbonyl (C=O) groups is 1. The fraction of sp³-hybridized carbons (Fsp3) is 0.417. The number of carbonyl (C=O) groups excluding carboxylic acids is 1. The van der Waals surface area contributed by atoms with E-state index in [0.717, 1.165) is 11.4 Å². The summed E-state index contributed by atoms with van der Waals surface area (Å²) in [6.07, 6.45) is -0.436. The van der Waals surface area contributed by atoms with E-state index in [2.05, 4.69) is 0 Å². The minimum absolute atomic E-state index is 0.0315. The molecule has 0 aliphatic carbocycles. The average molecular weight is 220 g/mol. The number of nitrogens with zero attached hydrogens (tertiary/aromatic N) is 1. The molecule has 0 saturated carbocycles. The number of rotatable bonds is 2. The smallest absolute Gasteiger partial charge is 0.267 e. The van der Waals surface area contributed by atoms with E-state index < -0.39 is 6.10 Å². The van der Waals surface area contributed by atoms with Crippen LogP contribution < -0.4 is 15.4 Å². The highest BCUT2D eigenvalue weighted by atomic mass is 16.5. The van der Waals surface area contributed by atoms with Crippen LogP contribution in [0, 0.1) is 0 Å². The monoisotopic (exact) mass is 220 g/mol. The van der Waals surface area contributed by atoms with E-state index in [9.17, 15) is 4.79 Å². The molecule has 1 aromatic carbocycles. The summed E-state index contributed by atoms with van der Waals surface area (Å²) in [7, 11) is 0. The third-order valence-electron chi connectivity index (χ3n) is 2.54. The summed E-state index contributed by atoms with van der Waals surface area (Å²) >= 11 is 0. The summed E-state index contributed by atoms with van der Waals surface area (Å²) in [6.45, 7) is 4.16. The quantitative estimate of drug-likeness (QED) is 0.813. The van der Waals surface area contributed by atoms with Crippen molar-refractivity contribution < 1.29 is 9.53 Å². The van der Waals surface area contributed by atoms with Crippen molar-refractivity contribution in [2.75, 3.05) is 11.4 Å². The van der Waals surface area contributed by atoms with Gasteiger partial charge in [0.25, 0.3) is 5.91 Å². The van der Waals surface area contributed by atoms with E-state index in [-0.39, 0.29) is 11.9 Å². The predicted molar refractivity (Wildman–Crippen MR) is 62.5 cm³/mol. The molecule has 1 aliphatic rings.